The van der Waals surface area contributed by atoms with Crippen LogP contribution in [0, 0.1) is 0 Å². The van der Waals surface area contributed by atoms with E-state index in [0.717, 1.165) is 41.9 Å². The Labute approximate surface area is 199 Å². The molecule has 0 aliphatic rings. The van der Waals surface area contributed by atoms with Crippen LogP contribution in [0.25, 0.3) is 11.0 Å². The van der Waals surface area contributed by atoms with Gasteiger partial charge in [-0.05, 0) is 54.8 Å². The van der Waals surface area contributed by atoms with Crippen LogP contribution in [0.5, 0.6) is 5.75 Å². The van der Waals surface area contributed by atoms with Crippen LogP contribution in [0.15, 0.2) is 72.8 Å². The maximum Gasteiger partial charge on any atom is 0.252 e. The van der Waals surface area contributed by atoms with Gasteiger partial charge in [0.1, 0.15) is 18.2 Å². The van der Waals surface area contributed by atoms with Gasteiger partial charge in [0.25, 0.3) is 5.91 Å². The summed E-state index contributed by atoms with van der Waals surface area (Å²) in [5.41, 5.74) is 3.86. The Kier molecular flexibility index (Phi) is 7.63. The molecule has 1 heterocycles. The molecule has 4 rings (SSSR count). The maximum absolute atomic E-state index is 12.4. The Balaban J connectivity index is 1.36. The molecule has 0 unspecified atom stereocenters. The molecule has 0 radical (unpaired) electrons. The Morgan fingerprint density at radius 1 is 1.03 bits per heavy atom. The topological polar surface area (TPSA) is 56.1 Å². The molecular formula is C27H28ClN3O2. The summed E-state index contributed by atoms with van der Waals surface area (Å²) in [5, 5.41) is 3.41. The van der Waals surface area contributed by atoms with Crippen molar-refractivity contribution < 1.29 is 9.53 Å². The standard InChI is InChI=1S/C27H28ClN3O2/c1-2-20-13-15-21(16-14-20)33-19-18-31-25-11-6-5-10-24(25)30-26(31)12-7-17-29-27(32)22-8-3-4-9-23(22)28/h3-6,8-11,13-16H,2,7,12,17-19H2,1H3,(H,29,32). The van der Waals surface area contributed by atoms with Crippen molar-refractivity contribution in [3.8, 4) is 5.75 Å². The lowest BCUT2D eigenvalue weighted by Crippen LogP contribution is -2.25. The van der Waals surface area contributed by atoms with Crippen LogP contribution < -0.4 is 10.1 Å². The summed E-state index contributed by atoms with van der Waals surface area (Å²) in [6.45, 7) is 3.96. The largest absolute Gasteiger partial charge is 0.492 e. The lowest BCUT2D eigenvalue weighted by atomic mass is 10.2. The summed E-state index contributed by atoms with van der Waals surface area (Å²) in [6.07, 6.45) is 2.55. The van der Waals surface area contributed by atoms with Crippen LogP contribution in [0.4, 0.5) is 0 Å². The van der Waals surface area contributed by atoms with Gasteiger partial charge >= 0.3 is 0 Å². The Morgan fingerprint density at radius 3 is 2.58 bits per heavy atom. The number of hydrogen-bond donors (Lipinski definition) is 1. The monoisotopic (exact) mass is 461 g/mol. The molecule has 5 nitrogen and oxygen atoms in total. The van der Waals surface area contributed by atoms with Gasteiger partial charge in [0.15, 0.2) is 0 Å². The van der Waals surface area contributed by atoms with Gasteiger partial charge in [0, 0.05) is 13.0 Å². The number of halogens is 1. The molecule has 0 aliphatic carbocycles. The first-order chi connectivity index (χ1) is 16.2. The van der Waals surface area contributed by atoms with Crippen LogP contribution in [0.3, 0.4) is 0 Å². The number of fused-ring (bicyclic) bond motifs is 1. The summed E-state index contributed by atoms with van der Waals surface area (Å²) in [6, 6.07) is 23.5. The molecule has 33 heavy (non-hydrogen) atoms. The highest BCUT2D eigenvalue weighted by Gasteiger charge is 2.12. The molecular weight excluding hydrogens is 434 g/mol. The van der Waals surface area contributed by atoms with Gasteiger partial charge in [-0.3, -0.25) is 4.79 Å². The highest BCUT2D eigenvalue weighted by atomic mass is 35.5. The fraction of sp³-hybridized carbons (Fsp3) is 0.259. The zero-order chi connectivity index (χ0) is 23.0. The smallest absolute Gasteiger partial charge is 0.252 e. The van der Waals surface area contributed by atoms with Crippen molar-refractivity contribution in [3.63, 3.8) is 0 Å². The van der Waals surface area contributed by atoms with Crippen molar-refractivity contribution in [2.75, 3.05) is 13.2 Å². The normalized spacial score (nSPS) is 11.0. The molecule has 0 bridgehead atoms. The number of nitrogens with one attached hydrogen (secondary N) is 1. The molecule has 6 heteroatoms. The number of rotatable bonds is 10. The van der Waals surface area contributed by atoms with Crippen molar-refractivity contribution in [1.82, 2.24) is 14.9 Å². The molecule has 0 atom stereocenters. The second kappa shape index (κ2) is 11.0. The van der Waals surface area contributed by atoms with Crippen molar-refractivity contribution >= 4 is 28.5 Å². The fourth-order valence-corrected chi connectivity index (χ4v) is 4.05. The van der Waals surface area contributed by atoms with Gasteiger partial charge in [0.05, 0.1) is 28.2 Å². The number of imidazole rings is 1. The van der Waals surface area contributed by atoms with Gasteiger partial charge in [-0.2, -0.15) is 0 Å². The summed E-state index contributed by atoms with van der Waals surface area (Å²) >= 11 is 6.12. The van der Waals surface area contributed by atoms with E-state index in [4.69, 9.17) is 21.3 Å². The van der Waals surface area contributed by atoms with E-state index in [1.807, 2.05) is 42.5 Å². The van der Waals surface area contributed by atoms with Crippen LogP contribution in [-0.2, 0) is 19.4 Å². The number of carbonyl (C=O) groups is 1. The van der Waals surface area contributed by atoms with E-state index in [2.05, 4.69) is 35.0 Å². The van der Waals surface area contributed by atoms with Crippen LogP contribution >= 0.6 is 11.6 Å². The molecule has 0 saturated carbocycles. The molecule has 1 amide bonds. The quantitative estimate of drug-likeness (QED) is 0.308. The number of amides is 1. The van der Waals surface area contributed by atoms with Gasteiger partial charge in [-0.25, -0.2) is 4.98 Å². The minimum absolute atomic E-state index is 0.156. The van der Waals surface area contributed by atoms with Crippen LogP contribution in [0.1, 0.15) is 35.1 Å². The van der Waals surface area contributed by atoms with Gasteiger partial charge in [-0.15, -0.1) is 0 Å². The second-order valence-corrected chi connectivity index (χ2v) is 8.26. The molecule has 3 aromatic carbocycles. The zero-order valence-electron chi connectivity index (χ0n) is 18.8. The van der Waals surface area contributed by atoms with Gasteiger partial charge < -0.3 is 14.6 Å². The lowest BCUT2D eigenvalue weighted by molar-refractivity contribution is 0.0953. The number of aryl methyl sites for hydroxylation is 2. The van der Waals surface area contributed by atoms with Crippen molar-refractivity contribution in [2.24, 2.45) is 0 Å². The minimum atomic E-state index is -0.156. The van der Waals surface area contributed by atoms with E-state index in [-0.39, 0.29) is 5.91 Å². The van der Waals surface area contributed by atoms with E-state index < -0.39 is 0 Å². The third kappa shape index (κ3) is 5.74. The number of ether oxygens (including phenoxy) is 1. The van der Waals surface area contributed by atoms with Crippen molar-refractivity contribution in [1.29, 1.82) is 0 Å². The molecule has 1 aromatic heterocycles. The summed E-state index contributed by atoms with van der Waals surface area (Å²) in [4.78, 5) is 17.2. The molecule has 4 aromatic rings. The molecule has 0 spiro atoms. The Hall–Kier alpha value is -3.31. The van der Waals surface area contributed by atoms with Crippen molar-refractivity contribution in [3.05, 3.63) is 94.8 Å². The highest BCUT2D eigenvalue weighted by Crippen LogP contribution is 2.19. The summed E-state index contributed by atoms with van der Waals surface area (Å²) in [5.74, 6) is 1.71. The molecule has 0 saturated heterocycles. The first-order valence-corrected chi connectivity index (χ1v) is 11.7. The van der Waals surface area contributed by atoms with Gasteiger partial charge in [0.2, 0.25) is 0 Å². The number of para-hydroxylation sites is 2. The Morgan fingerprint density at radius 2 is 1.79 bits per heavy atom. The number of benzene rings is 3. The molecule has 0 fully saturated rings. The van der Waals surface area contributed by atoms with Gasteiger partial charge in [-0.1, -0.05) is 54.9 Å². The molecule has 170 valence electrons. The van der Waals surface area contributed by atoms with Crippen LogP contribution in [-0.4, -0.2) is 28.6 Å². The lowest BCUT2D eigenvalue weighted by Gasteiger charge is -2.12. The third-order valence-electron chi connectivity index (χ3n) is 5.63. The van der Waals surface area contributed by atoms with E-state index in [1.165, 1.54) is 5.56 Å². The highest BCUT2D eigenvalue weighted by molar-refractivity contribution is 6.33. The predicted molar refractivity (Wildman–Crippen MR) is 133 cm³/mol. The average Bonchev–Trinajstić information content (AvgIpc) is 3.20. The second-order valence-electron chi connectivity index (χ2n) is 7.85. The SMILES string of the molecule is CCc1ccc(OCCn2c(CCCNC(=O)c3ccccc3Cl)nc3ccccc32)cc1. The average molecular weight is 462 g/mol. The maximum atomic E-state index is 12.4. The Bertz CT molecular complexity index is 1220. The van der Waals surface area contributed by atoms with Crippen LogP contribution in [0.2, 0.25) is 5.02 Å². The first kappa shape index (κ1) is 22.9. The fourth-order valence-electron chi connectivity index (χ4n) is 3.83. The molecule has 0 aliphatic heterocycles. The number of hydrogen-bond acceptors (Lipinski definition) is 3. The molecule has 1 N–H and O–H groups in total. The number of carbonyl (C=O) groups excluding carboxylic acids is 1. The number of nitrogens with zero attached hydrogens (tertiary/aromatic N) is 2. The van der Waals surface area contributed by atoms with E-state index in [1.54, 1.807) is 12.1 Å². The minimum Gasteiger partial charge on any atom is -0.492 e. The zero-order valence-corrected chi connectivity index (χ0v) is 19.5. The first-order valence-electron chi connectivity index (χ1n) is 11.3. The number of aromatic nitrogens is 2. The summed E-state index contributed by atoms with van der Waals surface area (Å²) < 4.78 is 8.20. The summed E-state index contributed by atoms with van der Waals surface area (Å²) in [7, 11) is 0. The predicted octanol–water partition coefficient (Wildman–Crippen LogP) is 5.69. The van der Waals surface area contributed by atoms with E-state index >= 15 is 0 Å². The van der Waals surface area contributed by atoms with Crippen molar-refractivity contribution in [2.45, 2.75) is 32.7 Å². The van der Waals surface area contributed by atoms with E-state index in [0.29, 0.717) is 30.3 Å². The third-order valence-corrected chi connectivity index (χ3v) is 5.96. The van der Waals surface area contributed by atoms with E-state index in [9.17, 15) is 4.79 Å².